The molecular formula is C7H15NO4. The fourth-order valence-electron chi connectivity index (χ4n) is 0.766. The van der Waals surface area contributed by atoms with Gasteiger partial charge in [-0.05, 0) is 19.4 Å². The van der Waals surface area contributed by atoms with Crippen molar-refractivity contribution in [2.75, 3.05) is 13.2 Å². The van der Waals surface area contributed by atoms with Crippen LogP contribution in [0.15, 0.2) is 0 Å². The lowest BCUT2D eigenvalue weighted by molar-refractivity contribution is -0.137. The molecule has 0 fully saturated rings. The normalized spacial score (nSPS) is 15.7. The van der Waals surface area contributed by atoms with Crippen molar-refractivity contribution < 1.29 is 20.1 Å². The summed E-state index contributed by atoms with van der Waals surface area (Å²) < 4.78 is 0. The molecule has 0 saturated heterocycles. The standard InChI is InChI=1S/C7H15NO4/c8-3-1-2-5(10)7(12)6(11)4-9/h5-6,9-11H,1-4,8H2. The predicted molar refractivity (Wildman–Crippen MR) is 42.4 cm³/mol. The minimum Gasteiger partial charge on any atom is -0.393 e. The number of hydrogen-bond donors (Lipinski definition) is 4. The SMILES string of the molecule is NCCCC(O)C(=O)C(O)CO. The van der Waals surface area contributed by atoms with E-state index in [9.17, 15) is 4.79 Å². The Hall–Kier alpha value is -0.490. The van der Waals surface area contributed by atoms with Gasteiger partial charge in [-0.1, -0.05) is 0 Å². The molecule has 0 aromatic carbocycles. The highest BCUT2D eigenvalue weighted by molar-refractivity contribution is 5.86. The maximum Gasteiger partial charge on any atom is 0.191 e. The first-order valence-electron chi connectivity index (χ1n) is 3.84. The van der Waals surface area contributed by atoms with Gasteiger partial charge in [-0.2, -0.15) is 0 Å². The molecule has 0 aromatic rings. The van der Waals surface area contributed by atoms with Crippen molar-refractivity contribution in [1.82, 2.24) is 0 Å². The second kappa shape index (κ2) is 6.07. The molecular weight excluding hydrogens is 162 g/mol. The Labute approximate surface area is 70.8 Å². The third kappa shape index (κ3) is 3.77. The molecule has 0 aromatic heterocycles. The number of ketones is 1. The highest BCUT2D eigenvalue weighted by atomic mass is 16.3. The van der Waals surface area contributed by atoms with Crippen LogP contribution in [-0.4, -0.2) is 46.5 Å². The third-order valence-corrected chi connectivity index (χ3v) is 1.51. The van der Waals surface area contributed by atoms with Crippen LogP contribution in [0.25, 0.3) is 0 Å². The number of aliphatic hydroxyl groups excluding tert-OH is 3. The summed E-state index contributed by atoms with van der Waals surface area (Å²) in [6, 6.07) is 0. The van der Waals surface area contributed by atoms with Crippen LogP contribution in [0.2, 0.25) is 0 Å². The fraction of sp³-hybridized carbons (Fsp3) is 0.857. The first-order chi connectivity index (χ1) is 5.63. The number of rotatable bonds is 6. The van der Waals surface area contributed by atoms with Crippen LogP contribution < -0.4 is 5.73 Å². The summed E-state index contributed by atoms with van der Waals surface area (Å²) in [5, 5.41) is 26.3. The molecule has 72 valence electrons. The summed E-state index contributed by atoms with van der Waals surface area (Å²) in [5.74, 6) is -0.744. The Bertz CT molecular complexity index is 139. The minimum absolute atomic E-state index is 0.229. The molecule has 0 bridgehead atoms. The second-order valence-electron chi connectivity index (χ2n) is 2.55. The summed E-state index contributed by atoms with van der Waals surface area (Å²) in [6.07, 6.45) is -1.94. The van der Waals surface area contributed by atoms with Crippen LogP contribution in [0, 0.1) is 0 Å². The van der Waals surface area contributed by atoms with Gasteiger partial charge in [0.2, 0.25) is 0 Å². The van der Waals surface area contributed by atoms with Crippen LogP contribution in [0.4, 0.5) is 0 Å². The van der Waals surface area contributed by atoms with E-state index in [4.69, 9.17) is 21.1 Å². The molecule has 0 aliphatic carbocycles. The van der Waals surface area contributed by atoms with E-state index in [0.29, 0.717) is 13.0 Å². The van der Waals surface area contributed by atoms with E-state index in [0.717, 1.165) is 0 Å². The molecule has 2 atom stereocenters. The summed E-state index contributed by atoms with van der Waals surface area (Å²) in [4.78, 5) is 10.9. The van der Waals surface area contributed by atoms with Gasteiger partial charge >= 0.3 is 0 Å². The lowest BCUT2D eigenvalue weighted by Crippen LogP contribution is -2.34. The van der Waals surface area contributed by atoms with Crippen molar-refractivity contribution >= 4 is 5.78 Å². The topological polar surface area (TPSA) is 104 Å². The maximum atomic E-state index is 10.9. The van der Waals surface area contributed by atoms with E-state index in [2.05, 4.69) is 0 Å². The highest BCUT2D eigenvalue weighted by Gasteiger charge is 2.21. The van der Waals surface area contributed by atoms with Crippen molar-refractivity contribution in [3.8, 4) is 0 Å². The Balaban J connectivity index is 3.75. The quantitative estimate of drug-likeness (QED) is 0.376. The summed E-state index contributed by atoms with van der Waals surface area (Å²) in [7, 11) is 0. The number of hydrogen-bond acceptors (Lipinski definition) is 5. The zero-order valence-electron chi connectivity index (χ0n) is 6.81. The average Bonchev–Trinajstić information content (AvgIpc) is 2.11. The van der Waals surface area contributed by atoms with Crippen LogP contribution in [0.3, 0.4) is 0 Å². The Morgan fingerprint density at radius 1 is 1.33 bits per heavy atom. The number of Topliss-reactive ketones (excluding diaryl/α,β-unsaturated/α-hetero) is 1. The van der Waals surface area contributed by atoms with Crippen molar-refractivity contribution in [3.05, 3.63) is 0 Å². The van der Waals surface area contributed by atoms with E-state index < -0.39 is 24.6 Å². The minimum atomic E-state index is -1.47. The van der Waals surface area contributed by atoms with Crippen LogP contribution in [0.5, 0.6) is 0 Å². The smallest absolute Gasteiger partial charge is 0.191 e. The molecule has 0 radical (unpaired) electrons. The van der Waals surface area contributed by atoms with Crippen LogP contribution >= 0.6 is 0 Å². The predicted octanol–water partition coefficient (Wildman–Crippen LogP) is -1.99. The molecule has 0 spiro atoms. The van der Waals surface area contributed by atoms with Gasteiger partial charge in [-0.3, -0.25) is 4.79 Å². The van der Waals surface area contributed by atoms with Gasteiger partial charge in [-0.15, -0.1) is 0 Å². The molecule has 12 heavy (non-hydrogen) atoms. The van der Waals surface area contributed by atoms with Gasteiger partial charge in [0.05, 0.1) is 6.61 Å². The summed E-state index contributed by atoms with van der Waals surface area (Å²) in [6.45, 7) is -0.266. The molecule has 5 N–H and O–H groups in total. The number of carbonyl (C=O) groups is 1. The van der Waals surface area contributed by atoms with Gasteiger partial charge in [0.1, 0.15) is 12.2 Å². The third-order valence-electron chi connectivity index (χ3n) is 1.51. The van der Waals surface area contributed by atoms with Crippen molar-refractivity contribution in [2.45, 2.75) is 25.0 Å². The monoisotopic (exact) mass is 177 g/mol. The van der Waals surface area contributed by atoms with Gasteiger partial charge in [-0.25, -0.2) is 0 Å². The van der Waals surface area contributed by atoms with Gasteiger partial charge in [0, 0.05) is 0 Å². The van der Waals surface area contributed by atoms with Gasteiger partial charge < -0.3 is 21.1 Å². The van der Waals surface area contributed by atoms with E-state index in [1.54, 1.807) is 0 Å². The zero-order chi connectivity index (χ0) is 9.56. The molecule has 5 heteroatoms. The molecule has 0 amide bonds. The fourth-order valence-corrected chi connectivity index (χ4v) is 0.766. The van der Waals surface area contributed by atoms with Crippen molar-refractivity contribution in [1.29, 1.82) is 0 Å². The van der Waals surface area contributed by atoms with Gasteiger partial charge in [0.15, 0.2) is 5.78 Å². The van der Waals surface area contributed by atoms with Crippen molar-refractivity contribution in [2.24, 2.45) is 5.73 Å². The van der Waals surface area contributed by atoms with Gasteiger partial charge in [0.25, 0.3) is 0 Å². The Morgan fingerprint density at radius 3 is 2.33 bits per heavy atom. The van der Waals surface area contributed by atoms with E-state index in [-0.39, 0.29) is 6.42 Å². The van der Waals surface area contributed by atoms with E-state index in [1.807, 2.05) is 0 Å². The van der Waals surface area contributed by atoms with Crippen LogP contribution in [0.1, 0.15) is 12.8 Å². The average molecular weight is 177 g/mol. The number of carbonyl (C=O) groups excluding carboxylic acids is 1. The lowest BCUT2D eigenvalue weighted by atomic mass is 10.1. The first kappa shape index (κ1) is 11.5. The highest BCUT2D eigenvalue weighted by Crippen LogP contribution is 2.00. The van der Waals surface area contributed by atoms with E-state index >= 15 is 0 Å². The molecule has 0 aliphatic heterocycles. The summed E-state index contributed by atoms with van der Waals surface area (Å²) >= 11 is 0. The maximum absolute atomic E-state index is 10.9. The first-order valence-corrected chi connectivity index (χ1v) is 3.84. The summed E-state index contributed by atoms with van der Waals surface area (Å²) in [5.41, 5.74) is 5.15. The lowest BCUT2D eigenvalue weighted by Gasteiger charge is -2.11. The Kier molecular flexibility index (Phi) is 5.83. The number of nitrogens with two attached hydrogens (primary N) is 1. The van der Waals surface area contributed by atoms with Crippen molar-refractivity contribution in [3.63, 3.8) is 0 Å². The molecule has 5 nitrogen and oxygen atoms in total. The van der Waals surface area contributed by atoms with E-state index in [1.165, 1.54) is 0 Å². The molecule has 0 aliphatic rings. The molecule has 0 rings (SSSR count). The van der Waals surface area contributed by atoms with Crippen LogP contribution in [-0.2, 0) is 4.79 Å². The number of aliphatic hydroxyl groups is 3. The Morgan fingerprint density at radius 2 is 1.92 bits per heavy atom. The molecule has 0 saturated carbocycles. The molecule has 0 heterocycles. The molecule has 2 unspecified atom stereocenters. The second-order valence-corrected chi connectivity index (χ2v) is 2.55. The largest absolute Gasteiger partial charge is 0.393 e. The zero-order valence-corrected chi connectivity index (χ0v) is 6.81.